The molecule has 1 N–H and O–H groups in total. The molecule has 2 aromatic rings. The molecule has 0 saturated carbocycles. The zero-order chi connectivity index (χ0) is 13.0. The Morgan fingerprint density at radius 1 is 1.22 bits per heavy atom. The van der Waals surface area contributed by atoms with E-state index in [1.165, 1.54) is 16.8 Å². The van der Waals surface area contributed by atoms with Crippen molar-refractivity contribution in [3.8, 4) is 0 Å². The highest BCUT2D eigenvalue weighted by atomic mass is 15.3. The van der Waals surface area contributed by atoms with Crippen LogP contribution in [0, 0.1) is 6.92 Å². The molecule has 0 amide bonds. The van der Waals surface area contributed by atoms with Gasteiger partial charge in [-0.25, -0.2) is 0 Å². The molecule has 1 atom stereocenters. The van der Waals surface area contributed by atoms with Crippen LogP contribution in [0.5, 0.6) is 0 Å². The Bertz CT molecular complexity index is 485. The van der Waals surface area contributed by atoms with Gasteiger partial charge in [0.25, 0.3) is 0 Å². The summed E-state index contributed by atoms with van der Waals surface area (Å²) in [5.41, 5.74) is 3.86. The highest BCUT2D eigenvalue weighted by molar-refractivity contribution is 5.23. The number of aryl methyl sites for hydroxylation is 2. The molecule has 2 rings (SSSR count). The minimum atomic E-state index is 0.353. The van der Waals surface area contributed by atoms with Crippen LogP contribution in [-0.4, -0.2) is 9.78 Å². The fourth-order valence-electron chi connectivity index (χ4n) is 2.03. The average molecular weight is 243 g/mol. The first-order chi connectivity index (χ1) is 8.70. The van der Waals surface area contributed by atoms with E-state index >= 15 is 0 Å². The molecule has 0 spiro atoms. The number of nitrogens with zero attached hydrogens (tertiary/aromatic N) is 2. The van der Waals surface area contributed by atoms with Gasteiger partial charge in [-0.15, -0.1) is 0 Å². The van der Waals surface area contributed by atoms with E-state index in [9.17, 15) is 0 Å². The minimum Gasteiger partial charge on any atom is -0.305 e. The predicted octanol–water partition coefficient (Wildman–Crippen LogP) is 3.06. The number of nitrogens with one attached hydrogen (secondary N) is 1. The molecule has 0 aliphatic rings. The summed E-state index contributed by atoms with van der Waals surface area (Å²) in [5.74, 6) is 0. The number of benzene rings is 1. The van der Waals surface area contributed by atoms with Gasteiger partial charge in [0.1, 0.15) is 0 Å². The maximum atomic E-state index is 4.27. The first-order valence-electron chi connectivity index (χ1n) is 6.51. The van der Waals surface area contributed by atoms with Gasteiger partial charge in [-0.05, 0) is 32.4 Å². The second-order valence-corrected chi connectivity index (χ2v) is 4.65. The summed E-state index contributed by atoms with van der Waals surface area (Å²) in [6.07, 6.45) is 1.86. The topological polar surface area (TPSA) is 29.9 Å². The molecule has 1 unspecified atom stereocenters. The summed E-state index contributed by atoms with van der Waals surface area (Å²) >= 11 is 0. The van der Waals surface area contributed by atoms with Crippen molar-refractivity contribution in [3.05, 3.63) is 53.3 Å². The summed E-state index contributed by atoms with van der Waals surface area (Å²) in [4.78, 5) is 0. The molecule has 0 aliphatic carbocycles. The Labute approximate surface area is 109 Å². The van der Waals surface area contributed by atoms with E-state index in [0.29, 0.717) is 6.04 Å². The maximum Gasteiger partial charge on any atom is 0.0522 e. The van der Waals surface area contributed by atoms with Crippen LogP contribution in [0.4, 0.5) is 0 Å². The second-order valence-electron chi connectivity index (χ2n) is 4.65. The lowest BCUT2D eigenvalue weighted by Gasteiger charge is -2.15. The van der Waals surface area contributed by atoms with Crippen molar-refractivity contribution in [2.75, 3.05) is 0 Å². The Balaban J connectivity index is 1.96. The third-order valence-corrected chi connectivity index (χ3v) is 3.27. The Morgan fingerprint density at radius 3 is 2.61 bits per heavy atom. The summed E-state index contributed by atoms with van der Waals surface area (Å²) < 4.78 is 2.02. The van der Waals surface area contributed by atoms with Crippen molar-refractivity contribution in [3.63, 3.8) is 0 Å². The zero-order valence-electron chi connectivity index (χ0n) is 11.4. The van der Waals surface area contributed by atoms with E-state index in [0.717, 1.165) is 13.1 Å². The standard InChI is InChI=1S/C15H21N3/c1-4-18-15(9-10-17-18)11-16-13(3)14-7-5-12(2)6-8-14/h5-10,13,16H,4,11H2,1-3H3. The fraction of sp³-hybridized carbons (Fsp3) is 0.400. The Kier molecular flexibility index (Phi) is 4.15. The van der Waals surface area contributed by atoms with E-state index in [-0.39, 0.29) is 0 Å². The summed E-state index contributed by atoms with van der Waals surface area (Å²) in [7, 11) is 0. The quantitative estimate of drug-likeness (QED) is 0.874. The average Bonchev–Trinajstić information content (AvgIpc) is 2.84. The van der Waals surface area contributed by atoms with Crippen LogP contribution in [0.3, 0.4) is 0 Å². The lowest BCUT2D eigenvalue weighted by Crippen LogP contribution is -2.20. The van der Waals surface area contributed by atoms with Crippen LogP contribution >= 0.6 is 0 Å². The second kappa shape index (κ2) is 5.83. The van der Waals surface area contributed by atoms with Gasteiger partial charge < -0.3 is 5.32 Å². The van der Waals surface area contributed by atoms with Crippen molar-refractivity contribution >= 4 is 0 Å². The first-order valence-corrected chi connectivity index (χ1v) is 6.51. The van der Waals surface area contributed by atoms with E-state index in [1.54, 1.807) is 0 Å². The predicted molar refractivity (Wildman–Crippen MR) is 74.3 cm³/mol. The summed E-state index contributed by atoms with van der Waals surface area (Å²) in [6, 6.07) is 11.1. The molecule has 0 fully saturated rings. The molecular weight excluding hydrogens is 222 g/mol. The third-order valence-electron chi connectivity index (χ3n) is 3.27. The van der Waals surface area contributed by atoms with Crippen molar-refractivity contribution in [1.82, 2.24) is 15.1 Å². The van der Waals surface area contributed by atoms with Gasteiger partial charge in [-0.1, -0.05) is 29.8 Å². The van der Waals surface area contributed by atoms with E-state index in [1.807, 2.05) is 10.9 Å². The van der Waals surface area contributed by atoms with E-state index in [4.69, 9.17) is 0 Å². The lowest BCUT2D eigenvalue weighted by molar-refractivity contribution is 0.531. The van der Waals surface area contributed by atoms with Crippen LogP contribution in [-0.2, 0) is 13.1 Å². The fourth-order valence-corrected chi connectivity index (χ4v) is 2.03. The van der Waals surface area contributed by atoms with Gasteiger partial charge in [0.15, 0.2) is 0 Å². The van der Waals surface area contributed by atoms with Gasteiger partial charge in [0.05, 0.1) is 5.69 Å². The molecule has 18 heavy (non-hydrogen) atoms. The molecule has 0 radical (unpaired) electrons. The van der Waals surface area contributed by atoms with Crippen LogP contribution in [0.25, 0.3) is 0 Å². The van der Waals surface area contributed by atoms with Gasteiger partial charge >= 0.3 is 0 Å². The first kappa shape index (κ1) is 12.8. The van der Waals surface area contributed by atoms with E-state index in [2.05, 4.69) is 61.5 Å². The zero-order valence-corrected chi connectivity index (χ0v) is 11.4. The van der Waals surface area contributed by atoms with Gasteiger partial charge in [0.2, 0.25) is 0 Å². The Hall–Kier alpha value is -1.61. The van der Waals surface area contributed by atoms with Gasteiger partial charge in [0, 0.05) is 25.3 Å². The molecule has 1 heterocycles. The number of hydrogen-bond acceptors (Lipinski definition) is 2. The molecular formula is C15H21N3. The molecule has 3 nitrogen and oxygen atoms in total. The Morgan fingerprint density at radius 2 is 1.94 bits per heavy atom. The molecule has 1 aromatic carbocycles. The SMILES string of the molecule is CCn1nccc1CNC(C)c1ccc(C)cc1. The molecule has 0 bridgehead atoms. The van der Waals surface area contributed by atoms with Crippen molar-refractivity contribution < 1.29 is 0 Å². The van der Waals surface area contributed by atoms with Crippen LogP contribution in [0.15, 0.2) is 36.5 Å². The van der Waals surface area contributed by atoms with Gasteiger partial charge in [-0.2, -0.15) is 5.10 Å². The largest absolute Gasteiger partial charge is 0.305 e. The lowest BCUT2D eigenvalue weighted by atomic mass is 10.1. The molecule has 1 aromatic heterocycles. The third kappa shape index (κ3) is 2.99. The number of hydrogen-bond donors (Lipinski definition) is 1. The minimum absolute atomic E-state index is 0.353. The van der Waals surface area contributed by atoms with Crippen LogP contribution in [0.2, 0.25) is 0 Å². The molecule has 0 aliphatic heterocycles. The summed E-state index contributed by atoms with van der Waals surface area (Å²) in [5, 5.41) is 7.81. The smallest absolute Gasteiger partial charge is 0.0522 e. The van der Waals surface area contributed by atoms with Crippen molar-refractivity contribution in [2.45, 2.75) is 39.9 Å². The van der Waals surface area contributed by atoms with Crippen LogP contribution in [0.1, 0.15) is 36.7 Å². The monoisotopic (exact) mass is 243 g/mol. The van der Waals surface area contributed by atoms with Crippen LogP contribution < -0.4 is 5.32 Å². The normalized spacial score (nSPS) is 12.6. The number of aromatic nitrogens is 2. The summed E-state index contributed by atoms with van der Waals surface area (Å²) in [6.45, 7) is 8.19. The maximum absolute atomic E-state index is 4.27. The highest BCUT2D eigenvalue weighted by Gasteiger charge is 2.06. The van der Waals surface area contributed by atoms with Crippen molar-refractivity contribution in [1.29, 1.82) is 0 Å². The van der Waals surface area contributed by atoms with E-state index < -0.39 is 0 Å². The molecule has 0 saturated heterocycles. The van der Waals surface area contributed by atoms with Gasteiger partial charge in [-0.3, -0.25) is 4.68 Å². The molecule has 96 valence electrons. The highest BCUT2D eigenvalue weighted by Crippen LogP contribution is 2.13. The number of rotatable bonds is 5. The molecule has 3 heteroatoms. The van der Waals surface area contributed by atoms with Crippen molar-refractivity contribution in [2.24, 2.45) is 0 Å².